The topological polar surface area (TPSA) is 56.5 Å². The molecule has 6 heteroatoms. The summed E-state index contributed by atoms with van der Waals surface area (Å²) < 4.78 is 6.99. The summed E-state index contributed by atoms with van der Waals surface area (Å²) in [7, 11) is 0. The molecule has 0 saturated carbocycles. The molecule has 2 heterocycles. The Kier molecular flexibility index (Phi) is 6.99. The molecule has 31 heavy (non-hydrogen) atoms. The SMILES string of the molecule is CCCCCCOC(=O)c1cnc2c(-c3ccc(Sc4ccccc4)cc3)cnn2c1. The maximum Gasteiger partial charge on any atom is 0.341 e. The van der Waals surface area contributed by atoms with Gasteiger partial charge in [-0.15, -0.1) is 0 Å². The highest BCUT2D eigenvalue weighted by Crippen LogP contribution is 2.30. The highest BCUT2D eigenvalue weighted by molar-refractivity contribution is 7.99. The van der Waals surface area contributed by atoms with E-state index in [1.165, 1.54) is 9.79 Å². The second-order valence-electron chi connectivity index (χ2n) is 7.31. The number of nitrogens with zero attached hydrogens (tertiary/aromatic N) is 3. The predicted molar refractivity (Wildman–Crippen MR) is 123 cm³/mol. The Hall–Kier alpha value is -3.12. The van der Waals surface area contributed by atoms with Crippen LogP contribution in [0.2, 0.25) is 0 Å². The fourth-order valence-electron chi connectivity index (χ4n) is 3.29. The van der Waals surface area contributed by atoms with Crippen LogP contribution in [0, 0.1) is 0 Å². The van der Waals surface area contributed by atoms with E-state index in [4.69, 9.17) is 4.74 Å². The van der Waals surface area contributed by atoms with Gasteiger partial charge in [0.1, 0.15) is 0 Å². The Balaban J connectivity index is 1.45. The number of fused-ring (bicyclic) bond motifs is 1. The van der Waals surface area contributed by atoms with Crippen LogP contribution in [-0.2, 0) is 4.74 Å². The summed E-state index contributed by atoms with van der Waals surface area (Å²) in [6.45, 7) is 2.60. The fraction of sp³-hybridized carbons (Fsp3) is 0.240. The van der Waals surface area contributed by atoms with Crippen LogP contribution in [0.1, 0.15) is 43.0 Å². The molecule has 0 aliphatic heterocycles. The van der Waals surface area contributed by atoms with E-state index in [1.807, 2.05) is 18.2 Å². The van der Waals surface area contributed by atoms with Gasteiger partial charge in [-0.1, -0.05) is 68.3 Å². The van der Waals surface area contributed by atoms with Crippen molar-refractivity contribution in [2.24, 2.45) is 0 Å². The van der Waals surface area contributed by atoms with Crippen molar-refractivity contribution in [2.75, 3.05) is 6.61 Å². The first kappa shape index (κ1) is 21.1. The van der Waals surface area contributed by atoms with Crippen molar-refractivity contribution in [3.8, 4) is 11.1 Å². The summed E-state index contributed by atoms with van der Waals surface area (Å²) in [4.78, 5) is 19.1. The van der Waals surface area contributed by atoms with E-state index >= 15 is 0 Å². The van der Waals surface area contributed by atoms with Crippen LogP contribution < -0.4 is 0 Å². The van der Waals surface area contributed by atoms with Gasteiger partial charge in [0, 0.05) is 27.7 Å². The molecule has 5 nitrogen and oxygen atoms in total. The quantitative estimate of drug-likeness (QED) is 0.230. The van der Waals surface area contributed by atoms with E-state index in [1.54, 1.807) is 34.9 Å². The molecule has 0 atom stereocenters. The zero-order valence-corrected chi connectivity index (χ0v) is 18.3. The van der Waals surface area contributed by atoms with Crippen LogP contribution >= 0.6 is 11.8 Å². The number of carbonyl (C=O) groups is 1. The lowest BCUT2D eigenvalue weighted by Gasteiger charge is -2.05. The Labute approximate surface area is 186 Å². The first-order chi connectivity index (χ1) is 15.2. The van der Waals surface area contributed by atoms with Crippen LogP contribution in [0.4, 0.5) is 0 Å². The summed E-state index contributed by atoms with van der Waals surface area (Å²) >= 11 is 1.73. The Morgan fingerprint density at radius 3 is 2.52 bits per heavy atom. The smallest absolute Gasteiger partial charge is 0.341 e. The summed E-state index contributed by atoms with van der Waals surface area (Å²) in [6.07, 6.45) is 9.31. The minimum atomic E-state index is -0.356. The summed E-state index contributed by atoms with van der Waals surface area (Å²) in [6, 6.07) is 18.6. The Morgan fingerprint density at radius 1 is 0.968 bits per heavy atom. The molecule has 0 fully saturated rings. The van der Waals surface area contributed by atoms with Crippen molar-refractivity contribution >= 4 is 23.4 Å². The highest BCUT2D eigenvalue weighted by atomic mass is 32.2. The molecule has 0 saturated heterocycles. The van der Waals surface area contributed by atoms with Crippen LogP contribution in [0.3, 0.4) is 0 Å². The molecule has 2 aromatic heterocycles. The highest BCUT2D eigenvalue weighted by Gasteiger charge is 2.13. The zero-order valence-electron chi connectivity index (χ0n) is 17.5. The van der Waals surface area contributed by atoms with Gasteiger partial charge in [0.15, 0.2) is 5.65 Å². The van der Waals surface area contributed by atoms with E-state index in [0.717, 1.165) is 36.8 Å². The van der Waals surface area contributed by atoms with Crippen LogP contribution in [0.15, 0.2) is 83.0 Å². The maximum absolute atomic E-state index is 12.3. The molecule has 0 aliphatic rings. The van der Waals surface area contributed by atoms with E-state index in [9.17, 15) is 4.79 Å². The van der Waals surface area contributed by atoms with E-state index in [2.05, 4.69) is 53.4 Å². The predicted octanol–water partition coefficient (Wildman–Crippen LogP) is 6.28. The number of benzene rings is 2. The lowest BCUT2D eigenvalue weighted by molar-refractivity contribution is 0.0496. The van der Waals surface area contributed by atoms with Gasteiger partial charge in [0.2, 0.25) is 0 Å². The third kappa shape index (κ3) is 5.33. The number of hydrogen-bond donors (Lipinski definition) is 0. The van der Waals surface area contributed by atoms with Crippen molar-refractivity contribution in [3.05, 3.63) is 78.8 Å². The van der Waals surface area contributed by atoms with Crippen LogP contribution in [0.25, 0.3) is 16.8 Å². The van der Waals surface area contributed by atoms with Gasteiger partial charge in [-0.3, -0.25) is 0 Å². The molecule has 0 bridgehead atoms. The van der Waals surface area contributed by atoms with E-state index < -0.39 is 0 Å². The van der Waals surface area contributed by atoms with Crippen molar-refractivity contribution < 1.29 is 9.53 Å². The standard InChI is InChI=1S/C25H25N3O2S/c1-2-3-4-8-15-30-25(29)20-16-26-24-23(17-27-28(24)18-20)19-11-13-22(14-12-19)31-21-9-6-5-7-10-21/h5-7,9-14,16-18H,2-4,8,15H2,1H3. The minimum absolute atomic E-state index is 0.356. The van der Waals surface area contributed by atoms with Gasteiger partial charge in [-0.25, -0.2) is 14.3 Å². The first-order valence-corrected chi connectivity index (χ1v) is 11.4. The monoisotopic (exact) mass is 431 g/mol. The second-order valence-corrected chi connectivity index (χ2v) is 8.45. The van der Waals surface area contributed by atoms with Gasteiger partial charge in [-0.05, 0) is 36.2 Å². The lowest BCUT2D eigenvalue weighted by atomic mass is 10.1. The molecule has 0 amide bonds. The van der Waals surface area contributed by atoms with Gasteiger partial charge in [-0.2, -0.15) is 5.10 Å². The molecule has 0 aliphatic carbocycles. The normalized spacial score (nSPS) is 11.0. The number of unbranched alkanes of at least 4 members (excludes halogenated alkanes) is 3. The van der Waals surface area contributed by atoms with Crippen molar-refractivity contribution in [1.82, 2.24) is 14.6 Å². The minimum Gasteiger partial charge on any atom is -0.462 e. The van der Waals surface area contributed by atoms with Gasteiger partial charge in [0.25, 0.3) is 0 Å². The molecule has 158 valence electrons. The molecular weight excluding hydrogens is 406 g/mol. The van der Waals surface area contributed by atoms with Crippen LogP contribution in [0.5, 0.6) is 0 Å². The fourth-order valence-corrected chi connectivity index (χ4v) is 4.13. The van der Waals surface area contributed by atoms with Crippen molar-refractivity contribution in [2.45, 2.75) is 42.4 Å². The zero-order chi connectivity index (χ0) is 21.5. The number of esters is 1. The number of carbonyl (C=O) groups excluding carboxylic acids is 1. The number of ether oxygens (including phenoxy) is 1. The van der Waals surface area contributed by atoms with Crippen molar-refractivity contribution in [3.63, 3.8) is 0 Å². The summed E-state index contributed by atoms with van der Waals surface area (Å²) in [5.41, 5.74) is 3.08. The second kappa shape index (κ2) is 10.3. The average molecular weight is 432 g/mol. The first-order valence-electron chi connectivity index (χ1n) is 10.6. The third-order valence-corrected chi connectivity index (χ3v) is 5.98. The van der Waals surface area contributed by atoms with Crippen molar-refractivity contribution in [1.29, 1.82) is 0 Å². The average Bonchev–Trinajstić information content (AvgIpc) is 3.23. The molecule has 0 radical (unpaired) electrons. The molecule has 0 spiro atoms. The van der Waals surface area contributed by atoms with E-state index in [0.29, 0.717) is 17.8 Å². The van der Waals surface area contributed by atoms with Gasteiger partial charge < -0.3 is 4.74 Å². The number of aromatic nitrogens is 3. The van der Waals surface area contributed by atoms with E-state index in [-0.39, 0.29) is 5.97 Å². The molecule has 0 N–H and O–H groups in total. The molecule has 4 aromatic rings. The number of rotatable bonds is 9. The third-order valence-electron chi connectivity index (χ3n) is 4.97. The Morgan fingerprint density at radius 2 is 1.74 bits per heavy atom. The molecule has 4 rings (SSSR count). The lowest BCUT2D eigenvalue weighted by Crippen LogP contribution is -2.08. The largest absolute Gasteiger partial charge is 0.462 e. The maximum atomic E-state index is 12.3. The number of hydrogen-bond acceptors (Lipinski definition) is 5. The summed E-state index contributed by atoms with van der Waals surface area (Å²) in [5.74, 6) is -0.356. The van der Waals surface area contributed by atoms with Gasteiger partial charge in [0.05, 0.1) is 18.4 Å². The molecule has 0 unspecified atom stereocenters. The molecule has 2 aromatic carbocycles. The summed E-state index contributed by atoms with van der Waals surface area (Å²) in [5, 5.41) is 4.39. The van der Waals surface area contributed by atoms with Crippen LogP contribution in [-0.4, -0.2) is 27.2 Å². The molecular formula is C25H25N3O2S. The van der Waals surface area contributed by atoms with Gasteiger partial charge >= 0.3 is 5.97 Å². The Bertz CT molecular complexity index is 1140.